The molecule has 2 rings (SSSR count). The van der Waals surface area contributed by atoms with E-state index in [0.29, 0.717) is 44.2 Å². The monoisotopic (exact) mass is 343 g/mol. The molecule has 2 N–H and O–H groups in total. The minimum Gasteiger partial charge on any atom is -0.481 e. The van der Waals surface area contributed by atoms with Crippen molar-refractivity contribution in [2.75, 3.05) is 6.54 Å². The fourth-order valence-corrected chi connectivity index (χ4v) is 2.71. The smallest absolute Gasteiger partial charge is 0.416 e. The summed E-state index contributed by atoms with van der Waals surface area (Å²) in [6.07, 6.45) is -1.36. The number of carbonyl (C=O) groups is 2. The molecular formula is C17H20F3NO3. The first-order valence-corrected chi connectivity index (χ1v) is 7.93. The van der Waals surface area contributed by atoms with Crippen LogP contribution in [0, 0.1) is 0 Å². The maximum atomic E-state index is 12.8. The van der Waals surface area contributed by atoms with Crippen molar-refractivity contribution in [3.8, 4) is 0 Å². The standard InChI is InChI=1S/C17H20F3NO3/c18-17(19,20)13-6-4-5-12(11-13)16(8-9-16)15(24)21-10-3-1-2-7-14(22)23/h4-6,11H,1-3,7-10H2,(H,21,24)(H,22,23). The highest BCUT2D eigenvalue weighted by Gasteiger charge is 2.51. The van der Waals surface area contributed by atoms with E-state index in [0.717, 1.165) is 12.1 Å². The van der Waals surface area contributed by atoms with Crippen LogP contribution in [0.4, 0.5) is 13.2 Å². The lowest BCUT2D eigenvalue weighted by Crippen LogP contribution is -2.35. The number of nitrogens with one attached hydrogen (secondary N) is 1. The second kappa shape index (κ2) is 7.23. The summed E-state index contributed by atoms with van der Waals surface area (Å²) in [5.41, 5.74) is -1.18. The van der Waals surface area contributed by atoms with Crippen molar-refractivity contribution >= 4 is 11.9 Å². The Morgan fingerprint density at radius 1 is 1.17 bits per heavy atom. The number of carboxylic acid groups (broad SMARTS) is 1. The molecular weight excluding hydrogens is 323 g/mol. The average molecular weight is 343 g/mol. The van der Waals surface area contributed by atoms with Gasteiger partial charge in [-0.1, -0.05) is 24.6 Å². The second-order valence-electron chi connectivity index (χ2n) is 6.12. The van der Waals surface area contributed by atoms with Crippen molar-refractivity contribution in [3.05, 3.63) is 35.4 Å². The summed E-state index contributed by atoms with van der Waals surface area (Å²) in [4.78, 5) is 22.7. The van der Waals surface area contributed by atoms with Crippen molar-refractivity contribution in [2.24, 2.45) is 0 Å². The van der Waals surface area contributed by atoms with Crippen LogP contribution in [0.1, 0.15) is 49.7 Å². The molecule has 0 atom stereocenters. The van der Waals surface area contributed by atoms with E-state index < -0.39 is 23.1 Å². The average Bonchev–Trinajstić information content (AvgIpc) is 3.31. The Balaban J connectivity index is 1.89. The molecule has 0 heterocycles. The summed E-state index contributed by atoms with van der Waals surface area (Å²) < 4.78 is 38.4. The molecule has 132 valence electrons. The lowest BCUT2D eigenvalue weighted by Gasteiger charge is -2.17. The number of halogens is 3. The number of alkyl halides is 3. The zero-order valence-corrected chi connectivity index (χ0v) is 13.2. The summed E-state index contributed by atoms with van der Waals surface area (Å²) >= 11 is 0. The molecule has 0 aromatic heterocycles. The summed E-state index contributed by atoms with van der Waals surface area (Å²) in [5.74, 6) is -1.10. The largest absolute Gasteiger partial charge is 0.481 e. The zero-order valence-electron chi connectivity index (χ0n) is 13.2. The van der Waals surface area contributed by atoms with Crippen LogP contribution in [0.15, 0.2) is 24.3 Å². The molecule has 24 heavy (non-hydrogen) atoms. The zero-order chi connectivity index (χ0) is 17.8. The predicted octanol–water partition coefficient (Wildman–Crippen LogP) is 3.50. The van der Waals surface area contributed by atoms with Gasteiger partial charge in [0, 0.05) is 13.0 Å². The molecule has 0 spiro atoms. The van der Waals surface area contributed by atoms with E-state index in [2.05, 4.69) is 5.32 Å². The van der Waals surface area contributed by atoms with Crippen LogP contribution in [0.2, 0.25) is 0 Å². The first-order valence-electron chi connectivity index (χ1n) is 7.93. The van der Waals surface area contributed by atoms with Gasteiger partial charge in [-0.05, 0) is 37.3 Å². The first kappa shape index (κ1) is 18.3. The normalized spacial score (nSPS) is 15.8. The van der Waals surface area contributed by atoms with Crippen molar-refractivity contribution in [2.45, 2.75) is 50.1 Å². The lowest BCUT2D eigenvalue weighted by molar-refractivity contribution is -0.138. The fraction of sp³-hybridized carbons (Fsp3) is 0.529. The van der Waals surface area contributed by atoms with E-state index in [9.17, 15) is 22.8 Å². The Labute approximate surface area is 138 Å². The van der Waals surface area contributed by atoms with E-state index >= 15 is 0 Å². The third-order valence-corrected chi connectivity index (χ3v) is 4.28. The van der Waals surface area contributed by atoms with Crippen LogP contribution in [0.3, 0.4) is 0 Å². The number of hydrogen-bond donors (Lipinski definition) is 2. The second-order valence-corrected chi connectivity index (χ2v) is 6.12. The molecule has 1 aliphatic rings. The molecule has 0 unspecified atom stereocenters. The van der Waals surface area contributed by atoms with Gasteiger partial charge in [-0.25, -0.2) is 0 Å². The highest BCUT2D eigenvalue weighted by atomic mass is 19.4. The van der Waals surface area contributed by atoms with Crippen molar-refractivity contribution in [3.63, 3.8) is 0 Å². The minimum absolute atomic E-state index is 0.0993. The molecule has 0 bridgehead atoms. The van der Waals surface area contributed by atoms with Gasteiger partial charge in [-0.3, -0.25) is 9.59 Å². The van der Waals surface area contributed by atoms with E-state index in [4.69, 9.17) is 5.11 Å². The van der Waals surface area contributed by atoms with Gasteiger partial charge in [0.05, 0.1) is 11.0 Å². The Kier molecular flexibility index (Phi) is 5.51. The molecule has 1 amide bonds. The highest BCUT2D eigenvalue weighted by Crippen LogP contribution is 2.49. The number of aliphatic carboxylic acids is 1. The summed E-state index contributed by atoms with van der Waals surface area (Å²) in [5, 5.41) is 11.3. The quantitative estimate of drug-likeness (QED) is 0.710. The van der Waals surface area contributed by atoms with Crippen LogP contribution >= 0.6 is 0 Å². The van der Waals surface area contributed by atoms with Gasteiger partial charge in [-0.2, -0.15) is 13.2 Å². The molecule has 1 fully saturated rings. The topological polar surface area (TPSA) is 66.4 Å². The number of carboxylic acids is 1. The molecule has 4 nitrogen and oxygen atoms in total. The highest BCUT2D eigenvalue weighted by molar-refractivity contribution is 5.91. The summed E-state index contributed by atoms with van der Waals surface area (Å²) in [7, 11) is 0. The van der Waals surface area contributed by atoms with Gasteiger partial charge in [0.1, 0.15) is 0 Å². The number of hydrogen-bond acceptors (Lipinski definition) is 2. The number of benzene rings is 1. The Morgan fingerprint density at radius 3 is 2.46 bits per heavy atom. The molecule has 0 aliphatic heterocycles. The summed E-state index contributed by atoms with van der Waals surface area (Å²) in [6.45, 7) is 0.402. The van der Waals surface area contributed by atoms with Gasteiger partial charge >= 0.3 is 12.1 Å². The Bertz CT molecular complexity index is 609. The minimum atomic E-state index is -4.42. The van der Waals surface area contributed by atoms with Crippen LogP contribution < -0.4 is 5.32 Å². The lowest BCUT2D eigenvalue weighted by atomic mass is 9.93. The van der Waals surface area contributed by atoms with E-state index in [-0.39, 0.29) is 12.3 Å². The first-order chi connectivity index (χ1) is 11.3. The number of rotatable bonds is 8. The third kappa shape index (κ3) is 4.49. The number of unbranched alkanes of at least 4 members (excludes halogenated alkanes) is 2. The van der Waals surface area contributed by atoms with Crippen LogP contribution in [0.25, 0.3) is 0 Å². The fourth-order valence-electron chi connectivity index (χ4n) is 2.71. The van der Waals surface area contributed by atoms with Gasteiger partial charge in [0.2, 0.25) is 5.91 Å². The van der Waals surface area contributed by atoms with Crippen molar-refractivity contribution in [1.29, 1.82) is 0 Å². The van der Waals surface area contributed by atoms with Crippen molar-refractivity contribution < 1.29 is 27.9 Å². The van der Waals surface area contributed by atoms with Gasteiger partial charge in [0.15, 0.2) is 0 Å². The molecule has 1 aromatic carbocycles. The van der Waals surface area contributed by atoms with Crippen LogP contribution in [-0.2, 0) is 21.2 Å². The summed E-state index contributed by atoms with van der Waals surface area (Å²) in [6, 6.07) is 4.95. The van der Waals surface area contributed by atoms with E-state index in [1.54, 1.807) is 6.07 Å². The van der Waals surface area contributed by atoms with Crippen molar-refractivity contribution in [1.82, 2.24) is 5.32 Å². The molecule has 0 radical (unpaired) electrons. The Hall–Kier alpha value is -2.05. The van der Waals surface area contributed by atoms with Crippen LogP contribution in [-0.4, -0.2) is 23.5 Å². The van der Waals surface area contributed by atoms with Gasteiger partial charge in [0.25, 0.3) is 0 Å². The SMILES string of the molecule is O=C(O)CCCCCNC(=O)C1(c2cccc(C(F)(F)F)c2)CC1. The maximum absolute atomic E-state index is 12.8. The molecule has 1 aromatic rings. The van der Waals surface area contributed by atoms with E-state index in [1.165, 1.54) is 6.07 Å². The third-order valence-electron chi connectivity index (χ3n) is 4.28. The molecule has 0 saturated heterocycles. The molecule has 7 heteroatoms. The molecule has 1 aliphatic carbocycles. The van der Waals surface area contributed by atoms with Gasteiger partial charge < -0.3 is 10.4 Å². The van der Waals surface area contributed by atoms with Gasteiger partial charge in [-0.15, -0.1) is 0 Å². The number of carbonyl (C=O) groups excluding carboxylic acids is 1. The van der Waals surface area contributed by atoms with Crippen LogP contribution in [0.5, 0.6) is 0 Å². The van der Waals surface area contributed by atoms with E-state index in [1.807, 2.05) is 0 Å². The molecule has 1 saturated carbocycles. The predicted molar refractivity (Wildman–Crippen MR) is 81.5 cm³/mol. The Morgan fingerprint density at radius 2 is 1.88 bits per heavy atom. The maximum Gasteiger partial charge on any atom is 0.416 e. The number of amides is 1.